The summed E-state index contributed by atoms with van der Waals surface area (Å²) < 4.78 is 5.94. The zero-order valence-corrected chi connectivity index (χ0v) is 22.5. The van der Waals surface area contributed by atoms with Crippen molar-refractivity contribution in [2.75, 3.05) is 31.5 Å². The van der Waals surface area contributed by atoms with Crippen molar-refractivity contribution in [3.63, 3.8) is 0 Å². The molecule has 1 aliphatic rings. The van der Waals surface area contributed by atoms with Crippen LogP contribution in [0.2, 0.25) is 0 Å². The number of aryl methyl sites for hydroxylation is 1. The zero-order valence-electron chi connectivity index (χ0n) is 22.5. The summed E-state index contributed by atoms with van der Waals surface area (Å²) in [6.45, 7) is 14.5. The number of amides is 1. The maximum atomic E-state index is 12.6. The Morgan fingerprint density at radius 3 is 2.25 bits per heavy atom. The second-order valence-corrected chi connectivity index (χ2v) is 11.3. The van der Waals surface area contributed by atoms with Crippen LogP contribution >= 0.6 is 0 Å². The van der Waals surface area contributed by atoms with Gasteiger partial charge in [0.15, 0.2) is 5.76 Å². The number of hydrogen-bond acceptors (Lipinski definition) is 4. The molecule has 0 atom stereocenters. The Morgan fingerprint density at radius 1 is 0.861 bits per heavy atom. The average molecular weight is 488 g/mol. The SMILES string of the molecule is Cc1cc2c(cc1Cc1ccc(C(=O)NCCNCCNc3ccccc3)o1)C(C)(C)CCC2(C)C. The third-order valence-electron chi connectivity index (χ3n) is 7.55. The highest BCUT2D eigenvalue weighted by atomic mass is 16.3. The fourth-order valence-electron chi connectivity index (χ4n) is 5.07. The lowest BCUT2D eigenvalue weighted by Gasteiger charge is -2.42. The van der Waals surface area contributed by atoms with Crippen molar-refractivity contribution in [3.05, 3.63) is 88.4 Å². The second-order valence-electron chi connectivity index (χ2n) is 11.3. The third kappa shape index (κ3) is 6.19. The summed E-state index contributed by atoms with van der Waals surface area (Å²) in [5.74, 6) is 1.02. The maximum Gasteiger partial charge on any atom is 0.287 e. The van der Waals surface area contributed by atoms with E-state index in [9.17, 15) is 4.79 Å². The van der Waals surface area contributed by atoms with Gasteiger partial charge in [0, 0.05) is 38.3 Å². The molecule has 5 heteroatoms. The van der Waals surface area contributed by atoms with Crippen LogP contribution in [0.1, 0.15) is 79.1 Å². The summed E-state index contributed by atoms with van der Waals surface area (Å²) in [6.07, 6.45) is 3.10. The van der Waals surface area contributed by atoms with Gasteiger partial charge in [0.05, 0.1) is 0 Å². The Morgan fingerprint density at radius 2 is 1.53 bits per heavy atom. The molecule has 3 aromatic rings. The lowest BCUT2D eigenvalue weighted by molar-refractivity contribution is 0.0924. The number of carbonyl (C=O) groups excluding carboxylic acids is 1. The Bertz CT molecular complexity index is 1180. The molecule has 1 aliphatic carbocycles. The standard InChI is InChI=1S/C31H41N3O2/c1-22-19-26-27(31(4,5)14-13-30(26,2)3)21-23(22)20-25-11-12-28(36-25)29(35)34-18-16-32-15-17-33-24-9-7-6-8-10-24/h6-12,19,21,32-33H,13-18,20H2,1-5H3,(H,34,35). The molecular weight excluding hydrogens is 446 g/mol. The molecule has 0 bridgehead atoms. The molecule has 36 heavy (non-hydrogen) atoms. The first kappa shape index (κ1) is 26.0. The van der Waals surface area contributed by atoms with Crippen molar-refractivity contribution in [2.45, 2.75) is 64.7 Å². The van der Waals surface area contributed by atoms with Crippen LogP contribution in [-0.4, -0.2) is 32.1 Å². The van der Waals surface area contributed by atoms with Gasteiger partial charge in [0.25, 0.3) is 5.91 Å². The minimum atomic E-state index is -0.171. The van der Waals surface area contributed by atoms with E-state index in [1.807, 2.05) is 36.4 Å². The largest absolute Gasteiger partial charge is 0.456 e. The van der Waals surface area contributed by atoms with Crippen LogP contribution < -0.4 is 16.0 Å². The van der Waals surface area contributed by atoms with E-state index >= 15 is 0 Å². The molecule has 1 heterocycles. The highest BCUT2D eigenvalue weighted by Gasteiger charge is 2.37. The molecule has 3 N–H and O–H groups in total. The lowest BCUT2D eigenvalue weighted by atomic mass is 9.62. The Hall–Kier alpha value is -3.05. The van der Waals surface area contributed by atoms with E-state index in [4.69, 9.17) is 4.42 Å². The van der Waals surface area contributed by atoms with Crippen LogP contribution in [0.5, 0.6) is 0 Å². The van der Waals surface area contributed by atoms with E-state index in [1.54, 1.807) is 6.07 Å². The molecule has 1 aromatic heterocycles. The fraction of sp³-hybridized carbons (Fsp3) is 0.452. The average Bonchev–Trinajstić information content (AvgIpc) is 3.32. The number of carbonyl (C=O) groups is 1. The number of benzene rings is 2. The van der Waals surface area contributed by atoms with Crippen molar-refractivity contribution in [2.24, 2.45) is 0 Å². The summed E-state index contributed by atoms with van der Waals surface area (Å²) in [5, 5.41) is 9.63. The minimum Gasteiger partial charge on any atom is -0.456 e. The van der Waals surface area contributed by atoms with E-state index < -0.39 is 0 Å². The molecule has 2 aromatic carbocycles. The van der Waals surface area contributed by atoms with Gasteiger partial charge in [-0.25, -0.2) is 0 Å². The molecule has 5 nitrogen and oxygen atoms in total. The lowest BCUT2D eigenvalue weighted by Crippen LogP contribution is -2.34. The quantitative estimate of drug-likeness (QED) is 0.309. The number of rotatable bonds is 10. The van der Waals surface area contributed by atoms with E-state index in [2.05, 4.69) is 62.7 Å². The first-order valence-electron chi connectivity index (χ1n) is 13.2. The highest BCUT2D eigenvalue weighted by Crippen LogP contribution is 2.46. The van der Waals surface area contributed by atoms with Gasteiger partial charge < -0.3 is 20.4 Å². The molecule has 0 aliphatic heterocycles. The molecule has 0 unspecified atom stereocenters. The van der Waals surface area contributed by atoms with Crippen LogP contribution in [0.15, 0.2) is 59.0 Å². The van der Waals surface area contributed by atoms with Gasteiger partial charge in [-0.05, 0) is 77.1 Å². The van der Waals surface area contributed by atoms with Gasteiger partial charge in [-0.2, -0.15) is 0 Å². The van der Waals surface area contributed by atoms with Crippen molar-refractivity contribution in [1.29, 1.82) is 0 Å². The third-order valence-corrected chi connectivity index (χ3v) is 7.55. The molecule has 0 saturated heterocycles. The van der Waals surface area contributed by atoms with Gasteiger partial charge in [0.1, 0.15) is 5.76 Å². The van der Waals surface area contributed by atoms with Gasteiger partial charge >= 0.3 is 0 Å². The minimum absolute atomic E-state index is 0.171. The molecule has 0 radical (unpaired) electrons. The zero-order chi connectivity index (χ0) is 25.8. The number of fused-ring (bicyclic) bond motifs is 1. The van der Waals surface area contributed by atoms with Crippen molar-refractivity contribution in [3.8, 4) is 0 Å². The first-order valence-corrected chi connectivity index (χ1v) is 13.2. The normalized spacial score (nSPS) is 15.8. The van der Waals surface area contributed by atoms with Gasteiger partial charge in [-0.15, -0.1) is 0 Å². The van der Waals surface area contributed by atoms with E-state index in [0.717, 1.165) is 24.5 Å². The summed E-state index contributed by atoms with van der Waals surface area (Å²) in [7, 11) is 0. The smallest absolute Gasteiger partial charge is 0.287 e. The highest BCUT2D eigenvalue weighted by molar-refractivity contribution is 5.91. The molecule has 4 rings (SSSR count). The predicted molar refractivity (Wildman–Crippen MR) is 148 cm³/mol. The Balaban J connectivity index is 1.27. The summed E-state index contributed by atoms with van der Waals surface area (Å²) in [5.41, 5.74) is 6.98. The van der Waals surface area contributed by atoms with Crippen LogP contribution in [0.25, 0.3) is 0 Å². The van der Waals surface area contributed by atoms with Gasteiger partial charge in [-0.1, -0.05) is 58.0 Å². The van der Waals surface area contributed by atoms with Crippen LogP contribution in [-0.2, 0) is 17.3 Å². The monoisotopic (exact) mass is 487 g/mol. The number of hydrogen-bond donors (Lipinski definition) is 3. The van der Waals surface area contributed by atoms with Gasteiger partial charge in [0.2, 0.25) is 0 Å². The predicted octanol–water partition coefficient (Wildman–Crippen LogP) is 5.96. The molecule has 0 saturated carbocycles. The van der Waals surface area contributed by atoms with E-state index in [-0.39, 0.29) is 16.7 Å². The van der Waals surface area contributed by atoms with Crippen molar-refractivity contribution in [1.82, 2.24) is 10.6 Å². The molecular formula is C31H41N3O2. The van der Waals surface area contributed by atoms with Crippen LogP contribution in [0.3, 0.4) is 0 Å². The molecule has 0 fully saturated rings. The Labute approximate surface area is 216 Å². The van der Waals surface area contributed by atoms with E-state index in [1.165, 1.54) is 35.1 Å². The summed E-state index contributed by atoms with van der Waals surface area (Å²) >= 11 is 0. The molecule has 0 spiro atoms. The van der Waals surface area contributed by atoms with Crippen LogP contribution in [0, 0.1) is 6.92 Å². The number of para-hydroxylation sites is 1. The van der Waals surface area contributed by atoms with E-state index in [0.29, 0.717) is 25.3 Å². The first-order chi connectivity index (χ1) is 17.2. The van der Waals surface area contributed by atoms with Crippen LogP contribution in [0.4, 0.5) is 5.69 Å². The Kier molecular flexibility index (Phi) is 7.89. The fourth-order valence-corrected chi connectivity index (χ4v) is 5.07. The van der Waals surface area contributed by atoms with Crippen molar-refractivity contribution < 1.29 is 9.21 Å². The second kappa shape index (κ2) is 10.9. The summed E-state index contributed by atoms with van der Waals surface area (Å²) in [4.78, 5) is 12.6. The summed E-state index contributed by atoms with van der Waals surface area (Å²) in [6, 6.07) is 18.6. The number of anilines is 1. The van der Waals surface area contributed by atoms with Crippen molar-refractivity contribution >= 4 is 11.6 Å². The topological polar surface area (TPSA) is 66.3 Å². The number of nitrogens with one attached hydrogen (secondary N) is 3. The number of furan rings is 1. The molecule has 192 valence electrons. The molecule has 1 amide bonds. The van der Waals surface area contributed by atoms with Gasteiger partial charge in [-0.3, -0.25) is 4.79 Å². The maximum absolute atomic E-state index is 12.6.